The Morgan fingerprint density at radius 1 is 1.06 bits per heavy atom. The van der Waals surface area contributed by atoms with Crippen LogP contribution in [-0.2, 0) is 6.18 Å². The van der Waals surface area contributed by atoms with Gasteiger partial charge in [-0.3, -0.25) is 4.98 Å². The van der Waals surface area contributed by atoms with Crippen LogP contribution < -0.4 is 11.5 Å². The van der Waals surface area contributed by atoms with E-state index in [1.807, 2.05) is 0 Å². The quantitative estimate of drug-likeness (QED) is 0.821. The number of aromatic nitrogens is 1. The lowest BCUT2D eigenvalue weighted by Gasteiger charge is -2.13. The topological polar surface area (TPSA) is 64.9 Å². The molecule has 1 heterocycles. The Balaban J connectivity index is 2.64. The third-order valence-electron chi connectivity index (χ3n) is 2.43. The van der Waals surface area contributed by atoms with E-state index in [0.29, 0.717) is 5.69 Å². The molecule has 0 aliphatic carbocycles. The molecule has 0 saturated heterocycles. The molecule has 2 rings (SSSR count). The van der Waals surface area contributed by atoms with Gasteiger partial charge in [0.2, 0.25) is 0 Å². The molecule has 94 valence electrons. The van der Waals surface area contributed by atoms with Crippen molar-refractivity contribution in [1.82, 2.24) is 4.98 Å². The normalized spacial score (nSPS) is 11.5. The molecular weight excluding hydrogens is 243 g/mol. The fourth-order valence-electron chi connectivity index (χ4n) is 1.66. The van der Waals surface area contributed by atoms with Gasteiger partial charge >= 0.3 is 6.18 Å². The van der Waals surface area contributed by atoms with Crippen molar-refractivity contribution < 1.29 is 13.2 Å². The van der Waals surface area contributed by atoms with Crippen molar-refractivity contribution in [2.24, 2.45) is 0 Å². The molecule has 0 atom stereocenters. The largest absolute Gasteiger partial charge is 0.417 e. The third kappa shape index (κ3) is 2.22. The summed E-state index contributed by atoms with van der Waals surface area (Å²) in [6.07, 6.45) is -3.18. The number of nitrogens with two attached hydrogens (primary N) is 2. The van der Waals surface area contributed by atoms with Gasteiger partial charge in [-0.1, -0.05) is 18.2 Å². The Morgan fingerprint density at radius 2 is 1.72 bits per heavy atom. The highest BCUT2D eigenvalue weighted by molar-refractivity contribution is 5.77. The molecule has 6 heteroatoms. The third-order valence-corrected chi connectivity index (χ3v) is 2.43. The maximum atomic E-state index is 12.9. The summed E-state index contributed by atoms with van der Waals surface area (Å²) in [5.74, 6) is 0. The lowest BCUT2D eigenvalue weighted by atomic mass is 10.0. The second-order valence-corrected chi connectivity index (χ2v) is 3.75. The summed E-state index contributed by atoms with van der Waals surface area (Å²) in [7, 11) is 0. The van der Waals surface area contributed by atoms with Crippen LogP contribution in [0.15, 0.2) is 36.5 Å². The van der Waals surface area contributed by atoms with Gasteiger partial charge in [-0.2, -0.15) is 13.2 Å². The van der Waals surface area contributed by atoms with E-state index in [9.17, 15) is 13.2 Å². The molecule has 1 aromatic heterocycles. The van der Waals surface area contributed by atoms with Crippen molar-refractivity contribution in [3.8, 4) is 11.3 Å². The zero-order valence-electron chi connectivity index (χ0n) is 9.20. The van der Waals surface area contributed by atoms with Crippen LogP contribution in [0.3, 0.4) is 0 Å². The Labute approximate surface area is 101 Å². The van der Waals surface area contributed by atoms with Crippen molar-refractivity contribution in [1.29, 1.82) is 0 Å². The van der Waals surface area contributed by atoms with Gasteiger partial charge in [0.15, 0.2) is 0 Å². The summed E-state index contributed by atoms with van der Waals surface area (Å²) in [6, 6.07) is 6.53. The van der Waals surface area contributed by atoms with Crippen molar-refractivity contribution in [3.63, 3.8) is 0 Å². The predicted octanol–water partition coefficient (Wildman–Crippen LogP) is 2.93. The van der Waals surface area contributed by atoms with E-state index in [-0.39, 0.29) is 16.9 Å². The van der Waals surface area contributed by atoms with E-state index in [4.69, 9.17) is 11.5 Å². The SMILES string of the molecule is Nc1cnc(-c2ccccc2C(F)(F)F)c(N)c1. The van der Waals surface area contributed by atoms with E-state index in [1.165, 1.54) is 30.5 Å². The number of nitrogens with zero attached hydrogens (tertiary/aromatic N) is 1. The molecule has 0 aliphatic heterocycles. The van der Waals surface area contributed by atoms with Crippen molar-refractivity contribution in [3.05, 3.63) is 42.1 Å². The van der Waals surface area contributed by atoms with Crippen LogP contribution in [0.25, 0.3) is 11.3 Å². The zero-order chi connectivity index (χ0) is 13.3. The molecule has 4 N–H and O–H groups in total. The molecule has 1 aromatic carbocycles. The smallest absolute Gasteiger partial charge is 0.397 e. The fourth-order valence-corrected chi connectivity index (χ4v) is 1.66. The van der Waals surface area contributed by atoms with Crippen LogP contribution in [0.4, 0.5) is 24.5 Å². The van der Waals surface area contributed by atoms with Crippen LogP contribution in [0.5, 0.6) is 0 Å². The Morgan fingerprint density at radius 3 is 2.33 bits per heavy atom. The monoisotopic (exact) mass is 253 g/mol. The second kappa shape index (κ2) is 4.21. The lowest BCUT2D eigenvalue weighted by molar-refractivity contribution is -0.137. The molecule has 0 unspecified atom stereocenters. The van der Waals surface area contributed by atoms with Crippen LogP contribution in [0.1, 0.15) is 5.56 Å². The predicted molar refractivity (Wildman–Crippen MR) is 63.5 cm³/mol. The maximum Gasteiger partial charge on any atom is 0.417 e. The highest BCUT2D eigenvalue weighted by Crippen LogP contribution is 2.38. The average molecular weight is 253 g/mol. The molecule has 0 spiro atoms. The summed E-state index contributed by atoms with van der Waals surface area (Å²) >= 11 is 0. The van der Waals surface area contributed by atoms with Gasteiger partial charge in [-0.15, -0.1) is 0 Å². The number of benzene rings is 1. The molecule has 0 radical (unpaired) electrons. The number of pyridine rings is 1. The first kappa shape index (κ1) is 12.2. The highest BCUT2D eigenvalue weighted by Gasteiger charge is 2.33. The number of anilines is 2. The number of rotatable bonds is 1. The molecule has 0 bridgehead atoms. The van der Waals surface area contributed by atoms with Crippen molar-refractivity contribution in [2.75, 3.05) is 11.5 Å². The van der Waals surface area contributed by atoms with Gasteiger partial charge in [0, 0.05) is 5.56 Å². The van der Waals surface area contributed by atoms with Gasteiger partial charge in [0.1, 0.15) is 0 Å². The van der Waals surface area contributed by atoms with Crippen LogP contribution in [0.2, 0.25) is 0 Å². The van der Waals surface area contributed by atoms with Gasteiger partial charge in [0.25, 0.3) is 0 Å². The minimum absolute atomic E-state index is 0.0532. The Kier molecular flexibility index (Phi) is 2.86. The molecule has 0 aliphatic rings. The number of hydrogen-bond donors (Lipinski definition) is 2. The Bertz CT molecular complexity index is 579. The number of nitrogen functional groups attached to an aromatic ring is 2. The van der Waals surface area contributed by atoms with E-state index < -0.39 is 11.7 Å². The summed E-state index contributed by atoms with van der Waals surface area (Å²) in [6.45, 7) is 0. The fraction of sp³-hybridized carbons (Fsp3) is 0.0833. The summed E-state index contributed by atoms with van der Waals surface area (Å²) in [5.41, 5.74) is 10.8. The van der Waals surface area contributed by atoms with Crippen LogP contribution >= 0.6 is 0 Å². The molecule has 0 amide bonds. The minimum Gasteiger partial charge on any atom is -0.397 e. The molecule has 0 saturated carbocycles. The van der Waals surface area contributed by atoms with Gasteiger partial charge < -0.3 is 11.5 Å². The van der Waals surface area contributed by atoms with E-state index in [1.54, 1.807) is 0 Å². The summed E-state index contributed by atoms with van der Waals surface area (Å²) < 4.78 is 38.6. The first-order chi connectivity index (χ1) is 8.39. The van der Waals surface area contributed by atoms with E-state index in [0.717, 1.165) is 6.07 Å². The van der Waals surface area contributed by atoms with Gasteiger partial charge in [0.05, 0.1) is 28.8 Å². The van der Waals surface area contributed by atoms with Gasteiger partial charge in [-0.25, -0.2) is 0 Å². The average Bonchev–Trinajstić information content (AvgIpc) is 2.28. The van der Waals surface area contributed by atoms with Crippen molar-refractivity contribution in [2.45, 2.75) is 6.18 Å². The van der Waals surface area contributed by atoms with Crippen molar-refractivity contribution >= 4 is 11.4 Å². The van der Waals surface area contributed by atoms with E-state index in [2.05, 4.69) is 4.98 Å². The lowest BCUT2D eigenvalue weighted by Crippen LogP contribution is -2.08. The number of halogens is 3. The Hall–Kier alpha value is -2.24. The van der Waals surface area contributed by atoms with Crippen LogP contribution in [-0.4, -0.2) is 4.98 Å². The molecule has 3 nitrogen and oxygen atoms in total. The molecule has 18 heavy (non-hydrogen) atoms. The highest BCUT2D eigenvalue weighted by atomic mass is 19.4. The number of alkyl halides is 3. The number of hydrogen-bond acceptors (Lipinski definition) is 3. The van der Waals surface area contributed by atoms with Gasteiger partial charge in [-0.05, 0) is 12.1 Å². The first-order valence-corrected chi connectivity index (χ1v) is 5.07. The zero-order valence-corrected chi connectivity index (χ0v) is 9.20. The maximum absolute atomic E-state index is 12.9. The van der Waals surface area contributed by atoms with Crippen LogP contribution in [0, 0.1) is 0 Å². The molecule has 0 fully saturated rings. The van der Waals surface area contributed by atoms with E-state index >= 15 is 0 Å². The second-order valence-electron chi connectivity index (χ2n) is 3.75. The first-order valence-electron chi connectivity index (χ1n) is 5.07. The molecule has 2 aromatic rings. The minimum atomic E-state index is -4.45. The standard InChI is InChI=1S/C12H10F3N3/c13-12(14,15)9-4-2-1-3-8(9)11-10(17)5-7(16)6-18-11/h1-6H,16-17H2. The summed E-state index contributed by atoms with van der Waals surface area (Å²) in [4.78, 5) is 3.87. The molecular formula is C12H10F3N3. The summed E-state index contributed by atoms with van der Waals surface area (Å²) in [5, 5.41) is 0.